The van der Waals surface area contributed by atoms with Crippen LogP contribution in [0.2, 0.25) is 0 Å². The molecule has 0 atom stereocenters. The molecule has 0 bridgehead atoms. The Morgan fingerprint density at radius 2 is 1.71 bits per heavy atom. The van der Waals surface area contributed by atoms with Gasteiger partial charge in [-0.05, 0) is 38.2 Å². The van der Waals surface area contributed by atoms with Crippen molar-refractivity contribution in [3.8, 4) is 6.07 Å². The summed E-state index contributed by atoms with van der Waals surface area (Å²) in [6.45, 7) is 4.78. The summed E-state index contributed by atoms with van der Waals surface area (Å²) in [7, 11) is 0. The van der Waals surface area contributed by atoms with E-state index in [0.29, 0.717) is 38.4 Å². The van der Waals surface area contributed by atoms with Gasteiger partial charge >= 0.3 is 12.1 Å². The highest BCUT2D eigenvalue weighted by molar-refractivity contribution is 5.75. The Morgan fingerprint density at radius 3 is 2.43 bits per heavy atom. The van der Waals surface area contributed by atoms with Gasteiger partial charge in [-0.2, -0.15) is 10.4 Å². The van der Waals surface area contributed by atoms with Crippen LogP contribution in [0.1, 0.15) is 43.5 Å². The first-order valence-corrected chi connectivity index (χ1v) is 10.2. The predicted octanol–water partition coefficient (Wildman–Crippen LogP) is 1.35. The molecule has 28 heavy (non-hydrogen) atoms. The summed E-state index contributed by atoms with van der Waals surface area (Å²) in [6.07, 6.45) is 4.99. The number of hydrogen-bond donors (Lipinski definition) is 1. The molecule has 0 spiro atoms. The maximum Gasteiger partial charge on any atom is 0.319 e. The summed E-state index contributed by atoms with van der Waals surface area (Å²) in [5, 5.41) is 16.3. The van der Waals surface area contributed by atoms with Crippen molar-refractivity contribution in [3.63, 3.8) is 0 Å². The van der Waals surface area contributed by atoms with Crippen LogP contribution in [-0.2, 0) is 13.1 Å². The Labute approximate surface area is 164 Å². The minimum atomic E-state index is -0.0771. The standard InChI is InChI=1S/C19H27N7O2/c20-13-16-12-17-14-25(10-11-26(17)22-16)18(27)21-15-4-8-24(9-5-15)19(28)23-6-2-1-3-7-23/h12,15H,1-11,14H2,(H,21,27). The van der Waals surface area contributed by atoms with E-state index in [9.17, 15) is 9.59 Å². The first-order valence-electron chi connectivity index (χ1n) is 10.2. The lowest BCUT2D eigenvalue weighted by atomic mass is 10.1. The number of urea groups is 2. The largest absolute Gasteiger partial charge is 0.335 e. The second kappa shape index (κ2) is 8.09. The maximum absolute atomic E-state index is 12.6. The zero-order valence-corrected chi connectivity index (χ0v) is 16.1. The van der Waals surface area contributed by atoms with Crippen LogP contribution < -0.4 is 5.32 Å². The molecule has 2 saturated heterocycles. The Bertz CT molecular complexity index is 770. The molecule has 4 heterocycles. The number of nitrogens with one attached hydrogen (secondary N) is 1. The van der Waals surface area contributed by atoms with Crippen LogP contribution >= 0.6 is 0 Å². The summed E-state index contributed by atoms with van der Waals surface area (Å²) in [5.41, 5.74) is 1.28. The van der Waals surface area contributed by atoms with Crippen molar-refractivity contribution in [1.29, 1.82) is 5.26 Å². The minimum absolute atomic E-state index is 0.0771. The van der Waals surface area contributed by atoms with Gasteiger partial charge in [-0.25, -0.2) is 9.59 Å². The summed E-state index contributed by atoms with van der Waals surface area (Å²) in [5.74, 6) is 0. The average Bonchev–Trinajstić information content (AvgIpc) is 3.17. The molecular weight excluding hydrogens is 358 g/mol. The normalized spacial score (nSPS) is 20.5. The van der Waals surface area contributed by atoms with Gasteiger partial charge in [0.25, 0.3) is 0 Å². The third-order valence-electron chi connectivity index (χ3n) is 5.92. The van der Waals surface area contributed by atoms with Crippen molar-refractivity contribution >= 4 is 12.1 Å². The number of piperidine rings is 2. The monoisotopic (exact) mass is 385 g/mol. The van der Waals surface area contributed by atoms with Crippen LogP contribution in [0.5, 0.6) is 0 Å². The third kappa shape index (κ3) is 3.91. The number of carbonyl (C=O) groups excluding carboxylic acids is 2. The smallest absolute Gasteiger partial charge is 0.319 e. The molecule has 1 aromatic rings. The molecule has 3 aliphatic heterocycles. The minimum Gasteiger partial charge on any atom is -0.335 e. The van der Waals surface area contributed by atoms with Crippen LogP contribution in [0.15, 0.2) is 6.07 Å². The SMILES string of the molecule is N#Cc1cc2n(n1)CCN(C(=O)NC1CCN(C(=O)N3CCCCC3)CC1)C2. The van der Waals surface area contributed by atoms with E-state index in [1.807, 2.05) is 15.9 Å². The van der Waals surface area contributed by atoms with Crippen LogP contribution in [0, 0.1) is 11.3 Å². The fourth-order valence-electron chi connectivity index (χ4n) is 4.26. The van der Waals surface area contributed by atoms with Gasteiger partial charge in [0.2, 0.25) is 0 Å². The Hall–Kier alpha value is -2.76. The number of likely N-dealkylation sites (tertiary alicyclic amines) is 2. The fourth-order valence-corrected chi connectivity index (χ4v) is 4.26. The molecule has 1 N–H and O–H groups in total. The lowest BCUT2D eigenvalue weighted by Crippen LogP contribution is -2.53. The molecule has 0 aliphatic carbocycles. The second-order valence-corrected chi connectivity index (χ2v) is 7.82. The number of nitriles is 1. The van der Waals surface area contributed by atoms with E-state index >= 15 is 0 Å². The maximum atomic E-state index is 12.6. The molecule has 0 aromatic carbocycles. The zero-order chi connectivity index (χ0) is 19.5. The Balaban J connectivity index is 1.25. The summed E-state index contributed by atoms with van der Waals surface area (Å²) < 4.78 is 1.80. The van der Waals surface area contributed by atoms with Crippen molar-refractivity contribution in [2.24, 2.45) is 0 Å². The molecule has 1 aromatic heterocycles. The number of amides is 4. The number of nitrogens with zero attached hydrogens (tertiary/aromatic N) is 6. The van der Waals surface area contributed by atoms with E-state index in [1.165, 1.54) is 6.42 Å². The van der Waals surface area contributed by atoms with Gasteiger partial charge < -0.3 is 20.0 Å². The van der Waals surface area contributed by atoms with Crippen molar-refractivity contribution < 1.29 is 9.59 Å². The molecule has 3 aliphatic rings. The Morgan fingerprint density at radius 1 is 1.00 bits per heavy atom. The lowest BCUT2D eigenvalue weighted by molar-refractivity contribution is 0.127. The fraction of sp³-hybridized carbons (Fsp3) is 0.684. The second-order valence-electron chi connectivity index (χ2n) is 7.82. The van der Waals surface area contributed by atoms with E-state index in [0.717, 1.165) is 44.5 Å². The Kier molecular flexibility index (Phi) is 5.37. The van der Waals surface area contributed by atoms with E-state index in [1.54, 1.807) is 15.6 Å². The van der Waals surface area contributed by atoms with Gasteiger partial charge in [0.15, 0.2) is 5.69 Å². The number of rotatable bonds is 1. The highest BCUT2D eigenvalue weighted by atomic mass is 16.2. The van der Waals surface area contributed by atoms with E-state index < -0.39 is 0 Å². The summed E-state index contributed by atoms with van der Waals surface area (Å²) >= 11 is 0. The number of aromatic nitrogens is 2. The van der Waals surface area contributed by atoms with E-state index in [-0.39, 0.29) is 18.1 Å². The molecular formula is C19H27N7O2. The molecule has 9 heteroatoms. The van der Waals surface area contributed by atoms with Gasteiger partial charge in [-0.15, -0.1) is 0 Å². The highest BCUT2D eigenvalue weighted by Crippen LogP contribution is 2.18. The van der Waals surface area contributed by atoms with Crippen LogP contribution in [0.3, 0.4) is 0 Å². The predicted molar refractivity (Wildman–Crippen MR) is 101 cm³/mol. The number of fused-ring (bicyclic) bond motifs is 1. The molecule has 2 fully saturated rings. The van der Waals surface area contributed by atoms with Crippen molar-refractivity contribution in [2.75, 3.05) is 32.7 Å². The first-order chi connectivity index (χ1) is 13.6. The van der Waals surface area contributed by atoms with Crippen LogP contribution in [0.25, 0.3) is 0 Å². The lowest BCUT2D eigenvalue weighted by Gasteiger charge is -2.38. The van der Waals surface area contributed by atoms with E-state index in [2.05, 4.69) is 10.4 Å². The topological polar surface area (TPSA) is 97.5 Å². The third-order valence-corrected chi connectivity index (χ3v) is 5.92. The molecule has 9 nitrogen and oxygen atoms in total. The van der Waals surface area contributed by atoms with Gasteiger partial charge in [0, 0.05) is 38.8 Å². The van der Waals surface area contributed by atoms with Gasteiger partial charge in [-0.3, -0.25) is 4.68 Å². The molecule has 0 saturated carbocycles. The number of carbonyl (C=O) groups is 2. The van der Waals surface area contributed by atoms with Crippen LogP contribution in [-0.4, -0.2) is 75.3 Å². The molecule has 150 valence electrons. The molecule has 0 unspecified atom stereocenters. The molecule has 4 amide bonds. The van der Waals surface area contributed by atoms with E-state index in [4.69, 9.17) is 5.26 Å². The van der Waals surface area contributed by atoms with Crippen LogP contribution in [0.4, 0.5) is 9.59 Å². The van der Waals surface area contributed by atoms with Crippen molar-refractivity contribution in [2.45, 2.75) is 51.2 Å². The molecule has 4 rings (SSSR count). The van der Waals surface area contributed by atoms with Gasteiger partial charge in [-0.1, -0.05) is 0 Å². The first kappa shape index (κ1) is 18.6. The summed E-state index contributed by atoms with van der Waals surface area (Å²) in [4.78, 5) is 30.9. The van der Waals surface area contributed by atoms with Crippen molar-refractivity contribution in [3.05, 3.63) is 17.5 Å². The van der Waals surface area contributed by atoms with Gasteiger partial charge in [0.05, 0.1) is 18.8 Å². The van der Waals surface area contributed by atoms with Gasteiger partial charge in [0.1, 0.15) is 6.07 Å². The van der Waals surface area contributed by atoms with Crippen molar-refractivity contribution in [1.82, 2.24) is 29.8 Å². The quantitative estimate of drug-likeness (QED) is 0.789. The zero-order valence-electron chi connectivity index (χ0n) is 16.1. The number of hydrogen-bond acceptors (Lipinski definition) is 4. The summed E-state index contributed by atoms with van der Waals surface area (Å²) in [6, 6.07) is 3.96. The highest BCUT2D eigenvalue weighted by Gasteiger charge is 2.29. The molecule has 0 radical (unpaired) electrons. The average molecular weight is 385 g/mol.